The third-order valence-corrected chi connectivity index (χ3v) is 13.5. The smallest absolute Gasteiger partial charge is 0.0540 e. The average Bonchev–Trinajstić information content (AvgIpc) is 3.69. The summed E-state index contributed by atoms with van der Waals surface area (Å²) in [6.07, 6.45) is 0. The number of hydrogen-bond acceptors (Lipinski definition) is 1. The van der Waals surface area contributed by atoms with E-state index in [1.807, 2.05) is 0 Å². The fraction of sp³-hybridized carbons (Fsp3) is 0.100. The zero-order valence-corrected chi connectivity index (χ0v) is 35.2. The summed E-state index contributed by atoms with van der Waals surface area (Å²) < 4.78 is 0. The number of hydrogen-bond donors (Lipinski definition) is 0. The zero-order chi connectivity index (χ0) is 41.3. The van der Waals surface area contributed by atoms with Crippen LogP contribution in [0.3, 0.4) is 0 Å². The molecular weight excluding hydrogens is 735 g/mol. The molecule has 292 valence electrons. The fourth-order valence-electron chi connectivity index (χ4n) is 10.3. The molecule has 11 rings (SSSR count). The fourth-order valence-corrected chi connectivity index (χ4v) is 10.3. The van der Waals surface area contributed by atoms with Crippen LogP contribution in [0.5, 0.6) is 0 Å². The maximum absolute atomic E-state index is 2.49. The Morgan fingerprint density at radius 1 is 0.279 bits per heavy atom. The zero-order valence-electron chi connectivity index (χ0n) is 35.2. The third-order valence-electron chi connectivity index (χ3n) is 13.5. The van der Waals surface area contributed by atoms with E-state index >= 15 is 0 Å². The molecule has 61 heavy (non-hydrogen) atoms. The monoisotopic (exact) mass is 781 g/mol. The van der Waals surface area contributed by atoms with E-state index in [-0.39, 0.29) is 10.8 Å². The highest BCUT2D eigenvalue weighted by Gasteiger charge is 2.39. The summed E-state index contributed by atoms with van der Waals surface area (Å²) in [7, 11) is 0. The lowest BCUT2D eigenvalue weighted by atomic mass is 9.81. The van der Waals surface area contributed by atoms with Crippen molar-refractivity contribution in [1.82, 2.24) is 0 Å². The molecule has 9 aromatic rings. The van der Waals surface area contributed by atoms with Crippen LogP contribution in [0.2, 0.25) is 0 Å². The molecule has 0 radical (unpaired) electrons. The average molecular weight is 782 g/mol. The standard InChI is InChI=1S/C60H47N/c1-59(2)53-23-13-11-21-50(53)51-36-34-46(38-55(51)59)61(57-25-14-12-20-48(57)44-18-9-6-10-19-44)47-35-37-52-56(39-47)60(3,4)54-24-15-22-49(58(52)54)45-32-30-43(31-33-45)42-28-26-41(27-29-42)40-16-7-5-8-17-40/h5-39H,1-4H3. The normalized spacial score (nSPS) is 13.8. The Bertz CT molecular complexity index is 3100. The van der Waals surface area contributed by atoms with Crippen LogP contribution >= 0.6 is 0 Å². The summed E-state index contributed by atoms with van der Waals surface area (Å²) in [6, 6.07) is 78.4. The number of rotatable bonds is 7. The lowest BCUT2D eigenvalue weighted by Gasteiger charge is -2.31. The van der Waals surface area contributed by atoms with E-state index in [1.165, 1.54) is 89.0 Å². The van der Waals surface area contributed by atoms with Gasteiger partial charge in [0.05, 0.1) is 5.69 Å². The maximum atomic E-state index is 2.49. The van der Waals surface area contributed by atoms with Gasteiger partial charge in [-0.05, 0) is 114 Å². The van der Waals surface area contributed by atoms with E-state index in [0.717, 1.165) is 17.1 Å². The van der Waals surface area contributed by atoms with Crippen LogP contribution in [-0.4, -0.2) is 0 Å². The molecule has 0 aliphatic heterocycles. The second-order valence-corrected chi connectivity index (χ2v) is 17.7. The molecule has 0 N–H and O–H groups in total. The SMILES string of the molecule is CC1(C)c2ccccc2-c2ccc(N(c3ccc4c(c3)C(C)(C)c3cccc(-c5ccc(-c6ccc(-c7ccccc7)cc6)cc5)c3-4)c3ccccc3-c3ccccc3)cc21. The largest absolute Gasteiger partial charge is 0.310 e. The first-order chi connectivity index (χ1) is 29.8. The van der Waals surface area contributed by atoms with Gasteiger partial charge in [-0.25, -0.2) is 0 Å². The molecule has 0 saturated carbocycles. The molecule has 0 spiro atoms. The Morgan fingerprint density at radius 3 is 1.33 bits per heavy atom. The Hall–Kier alpha value is -7.22. The second-order valence-electron chi connectivity index (χ2n) is 17.7. The van der Waals surface area contributed by atoms with E-state index in [2.05, 4.69) is 245 Å². The van der Waals surface area contributed by atoms with E-state index in [4.69, 9.17) is 0 Å². The van der Waals surface area contributed by atoms with Crippen LogP contribution < -0.4 is 4.90 Å². The minimum atomic E-state index is -0.205. The molecule has 9 aromatic carbocycles. The molecule has 0 heterocycles. The van der Waals surface area contributed by atoms with E-state index in [9.17, 15) is 0 Å². The molecule has 0 atom stereocenters. The van der Waals surface area contributed by atoms with Crippen LogP contribution in [0.25, 0.3) is 66.8 Å². The van der Waals surface area contributed by atoms with Crippen molar-refractivity contribution in [2.45, 2.75) is 38.5 Å². The molecule has 2 aliphatic rings. The highest BCUT2D eigenvalue weighted by molar-refractivity contribution is 5.96. The minimum absolute atomic E-state index is 0.115. The summed E-state index contributed by atoms with van der Waals surface area (Å²) in [5, 5.41) is 0. The maximum Gasteiger partial charge on any atom is 0.0540 e. The molecule has 0 bridgehead atoms. The van der Waals surface area contributed by atoms with Crippen molar-refractivity contribution >= 4 is 17.1 Å². The van der Waals surface area contributed by atoms with Gasteiger partial charge in [-0.15, -0.1) is 0 Å². The number of fused-ring (bicyclic) bond motifs is 6. The van der Waals surface area contributed by atoms with Gasteiger partial charge in [0.15, 0.2) is 0 Å². The Labute approximate surface area is 360 Å². The molecule has 0 aromatic heterocycles. The van der Waals surface area contributed by atoms with E-state index in [1.54, 1.807) is 0 Å². The van der Waals surface area contributed by atoms with Gasteiger partial charge < -0.3 is 4.90 Å². The van der Waals surface area contributed by atoms with Crippen molar-refractivity contribution in [3.05, 3.63) is 235 Å². The van der Waals surface area contributed by atoms with Crippen molar-refractivity contribution in [1.29, 1.82) is 0 Å². The number of para-hydroxylation sites is 1. The summed E-state index contributed by atoms with van der Waals surface area (Å²) in [4.78, 5) is 2.49. The van der Waals surface area contributed by atoms with Crippen LogP contribution in [0, 0.1) is 0 Å². The topological polar surface area (TPSA) is 3.24 Å². The Balaban J connectivity index is 1.01. The molecule has 0 saturated heterocycles. The first-order valence-corrected chi connectivity index (χ1v) is 21.5. The van der Waals surface area contributed by atoms with Crippen LogP contribution in [0.4, 0.5) is 17.1 Å². The predicted octanol–water partition coefficient (Wildman–Crippen LogP) is 16.4. The van der Waals surface area contributed by atoms with Crippen LogP contribution in [0.15, 0.2) is 212 Å². The molecule has 1 nitrogen and oxygen atoms in total. The Kier molecular flexibility index (Phi) is 8.58. The number of benzene rings is 9. The minimum Gasteiger partial charge on any atom is -0.310 e. The van der Waals surface area contributed by atoms with Gasteiger partial charge in [0.2, 0.25) is 0 Å². The van der Waals surface area contributed by atoms with Gasteiger partial charge in [-0.1, -0.05) is 210 Å². The van der Waals surface area contributed by atoms with Gasteiger partial charge in [0.25, 0.3) is 0 Å². The third kappa shape index (κ3) is 5.99. The van der Waals surface area contributed by atoms with Crippen molar-refractivity contribution in [3.8, 4) is 66.8 Å². The highest BCUT2D eigenvalue weighted by atomic mass is 15.1. The van der Waals surface area contributed by atoms with Gasteiger partial charge in [-0.2, -0.15) is 0 Å². The quantitative estimate of drug-likeness (QED) is 0.156. The van der Waals surface area contributed by atoms with Crippen molar-refractivity contribution < 1.29 is 0 Å². The van der Waals surface area contributed by atoms with Crippen LogP contribution in [0.1, 0.15) is 49.9 Å². The molecule has 2 aliphatic carbocycles. The van der Waals surface area contributed by atoms with Gasteiger partial charge in [0, 0.05) is 27.8 Å². The lowest BCUT2D eigenvalue weighted by Crippen LogP contribution is -2.18. The van der Waals surface area contributed by atoms with E-state index < -0.39 is 0 Å². The highest BCUT2D eigenvalue weighted by Crippen LogP contribution is 2.55. The summed E-state index contributed by atoms with van der Waals surface area (Å²) in [6.45, 7) is 9.52. The first kappa shape index (κ1) is 36.8. The molecule has 0 amide bonds. The number of nitrogens with zero attached hydrogens (tertiary/aromatic N) is 1. The van der Waals surface area contributed by atoms with Crippen molar-refractivity contribution in [3.63, 3.8) is 0 Å². The van der Waals surface area contributed by atoms with E-state index in [0.29, 0.717) is 0 Å². The predicted molar refractivity (Wildman–Crippen MR) is 258 cm³/mol. The van der Waals surface area contributed by atoms with Crippen molar-refractivity contribution in [2.24, 2.45) is 0 Å². The molecule has 0 fully saturated rings. The molecule has 1 heteroatoms. The van der Waals surface area contributed by atoms with Gasteiger partial charge in [0.1, 0.15) is 0 Å². The van der Waals surface area contributed by atoms with Crippen LogP contribution in [-0.2, 0) is 10.8 Å². The summed E-state index contributed by atoms with van der Waals surface area (Å²) in [5.41, 5.74) is 23.7. The lowest BCUT2D eigenvalue weighted by molar-refractivity contribution is 0.660. The summed E-state index contributed by atoms with van der Waals surface area (Å²) >= 11 is 0. The molecular formula is C60H47N. The second kappa shape index (κ2) is 14.2. The first-order valence-electron chi connectivity index (χ1n) is 21.5. The van der Waals surface area contributed by atoms with Gasteiger partial charge in [-0.3, -0.25) is 0 Å². The van der Waals surface area contributed by atoms with Gasteiger partial charge >= 0.3 is 0 Å². The Morgan fingerprint density at radius 2 is 0.689 bits per heavy atom. The van der Waals surface area contributed by atoms with Crippen molar-refractivity contribution in [2.75, 3.05) is 4.90 Å². The summed E-state index contributed by atoms with van der Waals surface area (Å²) in [5.74, 6) is 0. The molecule has 0 unspecified atom stereocenters. The number of anilines is 3.